The summed E-state index contributed by atoms with van der Waals surface area (Å²) in [5.74, 6) is 0. The van der Waals surface area contributed by atoms with Crippen LogP contribution in [0.5, 0.6) is 0 Å². The Bertz CT molecular complexity index is 172. The van der Waals surface area contributed by atoms with Gasteiger partial charge in [0.15, 0.2) is 0 Å². The Morgan fingerprint density at radius 3 is 2.60 bits per heavy atom. The Hall–Kier alpha value is 0.440. The van der Waals surface area contributed by atoms with Crippen LogP contribution in [-0.2, 0) is 0 Å². The van der Waals surface area contributed by atoms with Crippen LogP contribution in [0.15, 0.2) is 24.3 Å². The molecular weight excluding hydrogens is 256 g/mol. The van der Waals surface area contributed by atoms with E-state index in [1.807, 2.05) is 0 Å². The van der Waals surface area contributed by atoms with E-state index in [4.69, 9.17) is 0 Å². The third-order valence-corrected chi connectivity index (χ3v) is 4.82. The van der Waals surface area contributed by atoms with Crippen molar-refractivity contribution in [3.05, 3.63) is 24.3 Å². The number of hydrogen-bond acceptors (Lipinski definition) is 0. The zero-order valence-electron chi connectivity index (χ0n) is 5.85. The SMILES string of the molecule is CCC1(Br)C=CC=CC1Br. The largest absolute Gasteiger partial charge is 0.0826 e. The second kappa shape index (κ2) is 3.22. The van der Waals surface area contributed by atoms with E-state index in [-0.39, 0.29) is 4.32 Å². The van der Waals surface area contributed by atoms with Crippen LogP contribution in [-0.4, -0.2) is 9.15 Å². The standard InChI is InChI=1S/C8H10Br2/c1-2-8(10)6-4-3-5-7(8)9/h3-7H,2H2,1H3. The van der Waals surface area contributed by atoms with E-state index in [2.05, 4.69) is 63.1 Å². The van der Waals surface area contributed by atoms with Gasteiger partial charge in [-0.25, -0.2) is 0 Å². The summed E-state index contributed by atoms with van der Waals surface area (Å²) in [6.07, 6.45) is 9.58. The zero-order chi connectivity index (χ0) is 7.61. The normalized spacial score (nSPS) is 38.5. The molecule has 1 aliphatic carbocycles. The minimum Gasteiger partial charge on any atom is -0.0826 e. The van der Waals surface area contributed by atoms with Crippen molar-refractivity contribution in [1.82, 2.24) is 0 Å². The predicted octanol–water partition coefficient (Wildman–Crippen LogP) is 3.42. The van der Waals surface area contributed by atoms with Crippen LogP contribution in [0.1, 0.15) is 13.3 Å². The molecular formula is C8H10Br2. The van der Waals surface area contributed by atoms with E-state index in [0.717, 1.165) is 6.42 Å². The van der Waals surface area contributed by atoms with Crippen molar-refractivity contribution < 1.29 is 0 Å². The summed E-state index contributed by atoms with van der Waals surface area (Å²) in [7, 11) is 0. The van der Waals surface area contributed by atoms with Crippen LogP contribution in [0.2, 0.25) is 0 Å². The smallest absolute Gasteiger partial charge is 0.0597 e. The Morgan fingerprint density at radius 1 is 1.50 bits per heavy atom. The lowest BCUT2D eigenvalue weighted by molar-refractivity contribution is 0.723. The fraction of sp³-hybridized carbons (Fsp3) is 0.500. The maximum Gasteiger partial charge on any atom is 0.0597 e. The van der Waals surface area contributed by atoms with E-state index in [9.17, 15) is 0 Å². The molecule has 0 fully saturated rings. The molecule has 2 unspecified atom stereocenters. The minimum absolute atomic E-state index is 0.141. The molecule has 1 aliphatic rings. The molecule has 0 bridgehead atoms. The van der Waals surface area contributed by atoms with Crippen LogP contribution in [0.3, 0.4) is 0 Å². The van der Waals surface area contributed by atoms with Gasteiger partial charge in [-0.05, 0) is 6.42 Å². The highest BCUT2D eigenvalue weighted by Gasteiger charge is 2.29. The monoisotopic (exact) mass is 264 g/mol. The lowest BCUT2D eigenvalue weighted by Crippen LogP contribution is -2.28. The molecule has 0 aromatic rings. The topological polar surface area (TPSA) is 0 Å². The summed E-state index contributed by atoms with van der Waals surface area (Å²) in [5, 5.41) is 0. The van der Waals surface area contributed by atoms with Gasteiger partial charge in [0.25, 0.3) is 0 Å². The maximum atomic E-state index is 3.68. The lowest BCUT2D eigenvalue weighted by Gasteiger charge is -2.27. The van der Waals surface area contributed by atoms with Crippen LogP contribution in [0.25, 0.3) is 0 Å². The highest BCUT2D eigenvalue weighted by molar-refractivity contribution is 9.12. The van der Waals surface area contributed by atoms with Gasteiger partial charge < -0.3 is 0 Å². The first kappa shape index (κ1) is 8.54. The van der Waals surface area contributed by atoms with Crippen molar-refractivity contribution >= 4 is 31.9 Å². The van der Waals surface area contributed by atoms with Crippen molar-refractivity contribution in [2.75, 3.05) is 0 Å². The summed E-state index contributed by atoms with van der Waals surface area (Å²) < 4.78 is 0.141. The summed E-state index contributed by atoms with van der Waals surface area (Å²) in [6.45, 7) is 2.17. The van der Waals surface area contributed by atoms with Gasteiger partial charge in [0.05, 0.1) is 9.15 Å². The van der Waals surface area contributed by atoms with Gasteiger partial charge in [0.2, 0.25) is 0 Å². The fourth-order valence-corrected chi connectivity index (χ4v) is 1.90. The Morgan fingerprint density at radius 2 is 2.20 bits per heavy atom. The Labute approximate surface area is 78.6 Å². The van der Waals surface area contributed by atoms with Crippen LogP contribution >= 0.6 is 31.9 Å². The molecule has 0 spiro atoms. The lowest BCUT2D eigenvalue weighted by atomic mass is 9.98. The molecule has 0 amide bonds. The summed E-state index contributed by atoms with van der Waals surface area (Å²) in [6, 6.07) is 0. The third-order valence-electron chi connectivity index (χ3n) is 1.76. The molecule has 0 N–H and O–H groups in total. The van der Waals surface area contributed by atoms with Crippen molar-refractivity contribution in [2.24, 2.45) is 0 Å². The Balaban J connectivity index is 2.77. The molecule has 2 heteroatoms. The van der Waals surface area contributed by atoms with Crippen LogP contribution < -0.4 is 0 Å². The number of rotatable bonds is 1. The molecule has 56 valence electrons. The number of allylic oxidation sites excluding steroid dienone is 4. The zero-order valence-corrected chi connectivity index (χ0v) is 9.02. The quantitative estimate of drug-likeness (QED) is 0.638. The summed E-state index contributed by atoms with van der Waals surface area (Å²) in [5.41, 5.74) is 0. The number of alkyl halides is 2. The second-order valence-corrected chi connectivity index (χ2v) is 4.89. The van der Waals surface area contributed by atoms with Gasteiger partial charge in [-0.2, -0.15) is 0 Å². The molecule has 10 heavy (non-hydrogen) atoms. The molecule has 0 aromatic carbocycles. The van der Waals surface area contributed by atoms with Gasteiger partial charge in [0.1, 0.15) is 0 Å². The molecule has 0 radical (unpaired) electrons. The van der Waals surface area contributed by atoms with E-state index >= 15 is 0 Å². The average Bonchev–Trinajstić information content (AvgIpc) is 1.96. The highest BCUT2D eigenvalue weighted by atomic mass is 79.9. The average molecular weight is 266 g/mol. The van der Waals surface area contributed by atoms with Crippen molar-refractivity contribution in [2.45, 2.75) is 22.5 Å². The van der Waals surface area contributed by atoms with Gasteiger partial charge in [-0.1, -0.05) is 63.1 Å². The molecule has 1 rings (SSSR count). The van der Waals surface area contributed by atoms with Gasteiger partial charge in [0, 0.05) is 0 Å². The van der Waals surface area contributed by atoms with Gasteiger partial charge in [-0.3, -0.25) is 0 Å². The van der Waals surface area contributed by atoms with Crippen LogP contribution in [0.4, 0.5) is 0 Å². The van der Waals surface area contributed by atoms with Gasteiger partial charge >= 0.3 is 0 Å². The van der Waals surface area contributed by atoms with Gasteiger partial charge in [-0.15, -0.1) is 0 Å². The first-order chi connectivity index (χ1) is 4.69. The van der Waals surface area contributed by atoms with Crippen molar-refractivity contribution in [1.29, 1.82) is 0 Å². The van der Waals surface area contributed by atoms with E-state index < -0.39 is 0 Å². The Kier molecular flexibility index (Phi) is 2.75. The summed E-state index contributed by atoms with van der Waals surface area (Å²) in [4.78, 5) is 0.426. The van der Waals surface area contributed by atoms with E-state index in [1.54, 1.807) is 0 Å². The highest BCUT2D eigenvalue weighted by Crippen LogP contribution is 2.35. The van der Waals surface area contributed by atoms with E-state index in [0.29, 0.717) is 4.83 Å². The molecule has 2 atom stereocenters. The van der Waals surface area contributed by atoms with Crippen molar-refractivity contribution in [3.8, 4) is 0 Å². The molecule has 0 aromatic heterocycles. The predicted molar refractivity (Wildman–Crippen MR) is 52.9 cm³/mol. The molecule has 0 nitrogen and oxygen atoms in total. The second-order valence-electron chi connectivity index (χ2n) is 2.43. The maximum absolute atomic E-state index is 3.68. The molecule has 0 saturated carbocycles. The first-order valence-corrected chi connectivity index (χ1v) is 5.09. The minimum atomic E-state index is 0.141. The number of hydrogen-bond donors (Lipinski definition) is 0. The first-order valence-electron chi connectivity index (χ1n) is 3.38. The molecule has 0 saturated heterocycles. The van der Waals surface area contributed by atoms with Crippen LogP contribution in [0, 0.1) is 0 Å². The fourth-order valence-electron chi connectivity index (χ4n) is 0.942. The number of halogens is 2. The molecule has 0 heterocycles. The summed E-state index contributed by atoms with van der Waals surface area (Å²) >= 11 is 7.26. The molecule has 0 aliphatic heterocycles. The third kappa shape index (κ3) is 1.54. The van der Waals surface area contributed by atoms with E-state index in [1.165, 1.54) is 0 Å². The van der Waals surface area contributed by atoms with Crippen molar-refractivity contribution in [3.63, 3.8) is 0 Å².